The molecular formula is C16H22N2O4S. The zero-order chi connectivity index (χ0) is 16.4. The zero-order valence-corrected chi connectivity index (χ0v) is 13.9. The average Bonchev–Trinajstić information content (AvgIpc) is 2.99. The molecule has 1 aliphatic rings. The van der Waals surface area contributed by atoms with Crippen LogP contribution in [0.4, 0.5) is 0 Å². The molecule has 23 heavy (non-hydrogen) atoms. The van der Waals surface area contributed by atoms with E-state index >= 15 is 0 Å². The number of benzene rings is 1. The van der Waals surface area contributed by atoms with Gasteiger partial charge in [0.15, 0.2) is 0 Å². The summed E-state index contributed by atoms with van der Waals surface area (Å²) in [6.07, 6.45) is 0.450. The molecule has 1 saturated heterocycles. The topological polar surface area (TPSA) is 82.8 Å². The van der Waals surface area contributed by atoms with Crippen molar-refractivity contribution in [3.05, 3.63) is 36.1 Å². The number of β-amino-alcohol motifs (C(OH)–C–C–N with tert-alkyl or cyclic N) is 1. The number of likely N-dealkylation sites (tertiary alicyclic amines) is 1. The zero-order valence-electron chi connectivity index (χ0n) is 13.1. The molecule has 3 rings (SSSR count). The van der Waals surface area contributed by atoms with E-state index in [1.807, 2.05) is 30.3 Å². The standard InChI is InChI=1S/C16H22N2O4S/c1-17-23(20,21)13-6-8-18(9-7-13)11-14(19)16-10-12-4-2-3-5-15(12)22-16/h2-5,10,13-14,17,19H,6-9,11H2,1H3/t14-/m1/s1. The first-order valence-electron chi connectivity index (χ1n) is 7.81. The van der Waals surface area contributed by atoms with Crippen LogP contribution >= 0.6 is 0 Å². The predicted molar refractivity (Wildman–Crippen MR) is 88.6 cm³/mol. The Labute approximate surface area is 136 Å². The Bertz CT molecular complexity index is 730. The van der Waals surface area contributed by atoms with E-state index < -0.39 is 16.1 Å². The first kappa shape index (κ1) is 16.4. The van der Waals surface area contributed by atoms with Crippen LogP contribution in [0.15, 0.2) is 34.7 Å². The van der Waals surface area contributed by atoms with Gasteiger partial charge in [-0.1, -0.05) is 18.2 Å². The van der Waals surface area contributed by atoms with E-state index in [0.717, 1.165) is 11.0 Å². The number of furan rings is 1. The molecule has 0 amide bonds. The van der Waals surface area contributed by atoms with Crippen molar-refractivity contribution in [1.29, 1.82) is 0 Å². The molecule has 0 spiro atoms. The second kappa shape index (κ2) is 6.60. The number of para-hydroxylation sites is 1. The maximum absolute atomic E-state index is 11.8. The molecular weight excluding hydrogens is 316 g/mol. The Morgan fingerprint density at radius 1 is 1.35 bits per heavy atom. The van der Waals surface area contributed by atoms with Crippen molar-refractivity contribution < 1.29 is 17.9 Å². The van der Waals surface area contributed by atoms with Crippen molar-refractivity contribution >= 4 is 21.0 Å². The van der Waals surface area contributed by atoms with Crippen molar-refractivity contribution in [3.8, 4) is 0 Å². The van der Waals surface area contributed by atoms with Gasteiger partial charge in [0, 0.05) is 11.9 Å². The van der Waals surface area contributed by atoms with E-state index in [1.54, 1.807) is 0 Å². The summed E-state index contributed by atoms with van der Waals surface area (Å²) in [7, 11) is -1.75. The molecule has 6 nitrogen and oxygen atoms in total. The lowest BCUT2D eigenvalue weighted by molar-refractivity contribution is 0.0867. The number of nitrogens with one attached hydrogen (secondary N) is 1. The van der Waals surface area contributed by atoms with Crippen LogP contribution in [-0.4, -0.2) is 50.4 Å². The normalized spacial score (nSPS) is 19.2. The Balaban J connectivity index is 1.60. The summed E-state index contributed by atoms with van der Waals surface area (Å²) in [6, 6.07) is 9.51. The van der Waals surface area contributed by atoms with Crippen molar-refractivity contribution in [2.45, 2.75) is 24.2 Å². The van der Waals surface area contributed by atoms with E-state index in [9.17, 15) is 13.5 Å². The van der Waals surface area contributed by atoms with Crippen molar-refractivity contribution in [2.75, 3.05) is 26.7 Å². The lowest BCUT2D eigenvalue weighted by atomic mass is 10.1. The number of nitrogens with zero attached hydrogens (tertiary/aromatic N) is 1. The second-order valence-electron chi connectivity index (χ2n) is 5.95. The van der Waals surface area contributed by atoms with Crippen LogP contribution in [0.1, 0.15) is 24.7 Å². The monoisotopic (exact) mass is 338 g/mol. The highest BCUT2D eigenvalue weighted by Crippen LogP contribution is 2.25. The van der Waals surface area contributed by atoms with Crippen LogP contribution in [-0.2, 0) is 10.0 Å². The average molecular weight is 338 g/mol. The summed E-state index contributed by atoms with van der Waals surface area (Å²) < 4.78 is 31.7. The number of rotatable bonds is 5. The molecule has 1 aromatic carbocycles. The first-order valence-corrected chi connectivity index (χ1v) is 9.35. The van der Waals surface area contributed by atoms with Gasteiger partial charge in [-0.05, 0) is 45.1 Å². The van der Waals surface area contributed by atoms with Crippen molar-refractivity contribution in [2.24, 2.45) is 0 Å². The maximum Gasteiger partial charge on any atom is 0.214 e. The number of hydrogen-bond donors (Lipinski definition) is 2. The lowest BCUT2D eigenvalue weighted by Crippen LogP contribution is -2.43. The Kier molecular flexibility index (Phi) is 4.72. The van der Waals surface area contributed by atoms with E-state index in [1.165, 1.54) is 7.05 Å². The molecule has 0 radical (unpaired) electrons. The predicted octanol–water partition coefficient (Wildman–Crippen LogP) is 1.48. The van der Waals surface area contributed by atoms with Crippen LogP contribution < -0.4 is 4.72 Å². The summed E-state index contributed by atoms with van der Waals surface area (Å²) in [5, 5.41) is 11.0. The molecule has 7 heteroatoms. The molecule has 0 bridgehead atoms. The van der Waals surface area contributed by atoms with Gasteiger partial charge in [0.2, 0.25) is 10.0 Å². The van der Waals surface area contributed by atoms with E-state index in [-0.39, 0.29) is 5.25 Å². The van der Waals surface area contributed by atoms with Gasteiger partial charge < -0.3 is 14.4 Å². The van der Waals surface area contributed by atoms with Gasteiger partial charge in [-0.3, -0.25) is 0 Å². The molecule has 1 aromatic heterocycles. The van der Waals surface area contributed by atoms with Gasteiger partial charge in [0.05, 0.1) is 5.25 Å². The van der Waals surface area contributed by atoms with Crippen LogP contribution in [0.2, 0.25) is 0 Å². The third-order valence-corrected chi connectivity index (χ3v) is 6.38. The molecule has 1 fully saturated rings. The molecule has 0 unspecified atom stereocenters. The minimum absolute atomic E-state index is 0.341. The highest BCUT2D eigenvalue weighted by Gasteiger charge is 2.29. The van der Waals surface area contributed by atoms with Gasteiger partial charge >= 0.3 is 0 Å². The molecule has 0 saturated carbocycles. The minimum atomic E-state index is -3.20. The number of aliphatic hydroxyl groups excluding tert-OH is 1. The molecule has 1 atom stereocenters. The van der Waals surface area contributed by atoms with Crippen LogP contribution in [0, 0.1) is 0 Å². The van der Waals surface area contributed by atoms with Gasteiger partial charge in [0.1, 0.15) is 17.4 Å². The fraction of sp³-hybridized carbons (Fsp3) is 0.500. The molecule has 0 aliphatic carbocycles. The second-order valence-corrected chi connectivity index (χ2v) is 8.12. The smallest absolute Gasteiger partial charge is 0.214 e. The Morgan fingerprint density at radius 2 is 2.04 bits per heavy atom. The third-order valence-electron chi connectivity index (χ3n) is 4.46. The summed E-state index contributed by atoms with van der Waals surface area (Å²) in [5.41, 5.74) is 0.764. The quantitative estimate of drug-likeness (QED) is 0.863. The highest BCUT2D eigenvalue weighted by atomic mass is 32.2. The van der Waals surface area contributed by atoms with E-state index in [2.05, 4.69) is 9.62 Å². The number of sulfonamides is 1. The largest absolute Gasteiger partial charge is 0.458 e. The number of aliphatic hydroxyl groups is 1. The van der Waals surface area contributed by atoms with Crippen LogP contribution in [0.3, 0.4) is 0 Å². The minimum Gasteiger partial charge on any atom is -0.458 e. The summed E-state index contributed by atoms with van der Waals surface area (Å²) in [5.74, 6) is 0.552. The summed E-state index contributed by atoms with van der Waals surface area (Å²) >= 11 is 0. The number of hydrogen-bond acceptors (Lipinski definition) is 5. The molecule has 1 aliphatic heterocycles. The lowest BCUT2D eigenvalue weighted by Gasteiger charge is -2.32. The highest BCUT2D eigenvalue weighted by molar-refractivity contribution is 7.90. The summed E-state index contributed by atoms with van der Waals surface area (Å²) in [6.45, 7) is 1.76. The Hall–Kier alpha value is -1.41. The fourth-order valence-electron chi connectivity index (χ4n) is 3.07. The van der Waals surface area contributed by atoms with Crippen molar-refractivity contribution in [3.63, 3.8) is 0 Å². The van der Waals surface area contributed by atoms with E-state index in [4.69, 9.17) is 4.42 Å². The molecule has 126 valence electrons. The fourth-order valence-corrected chi connectivity index (χ4v) is 4.23. The van der Waals surface area contributed by atoms with Crippen LogP contribution in [0.25, 0.3) is 11.0 Å². The Morgan fingerprint density at radius 3 is 2.70 bits per heavy atom. The maximum atomic E-state index is 11.8. The van der Waals surface area contributed by atoms with Crippen LogP contribution in [0.5, 0.6) is 0 Å². The number of fused-ring (bicyclic) bond motifs is 1. The summed E-state index contributed by atoms with van der Waals surface area (Å²) in [4.78, 5) is 2.08. The molecule has 2 N–H and O–H groups in total. The third kappa shape index (κ3) is 3.58. The van der Waals surface area contributed by atoms with E-state index in [0.29, 0.717) is 38.2 Å². The number of piperidine rings is 1. The van der Waals surface area contributed by atoms with Gasteiger partial charge in [-0.2, -0.15) is 0 Å². The first-order chi connectivity index (χ1) is 11.0. The van der Waals surface area contributed by atoms with Gasteiger partial charge in [0.25, 0.3) is 0 Å². The van der Waals surface area contributed by atoms with Gasteiger partial charge in [-0.25, -0.2) is 13.1 Å². The SMILES string of the molecule is CNS(=O)(=O)C1CCN(C[C@@H](O)c2cc3ccccc3o2)CC1. The van der Waals surface area contributed by atoms with Crippen molar-refractivity contribution in [1.82, 2.24) is 9.62 Å². The van der Waals surface area contributed by atoms with Gasteiger partial charge in [-0.15, -0.1) is 0 Å². The molecule has 2 aromatic rings. The molecule has 2 heterocycles.